The van der Waals surface area contributed by atoms with Crippen LogP contribution in [-0.2, 0) is 28.6 Å². The van der Waals surface area contributed by atoms with Gasteiger partial charge in [-0.25, -0.2) is 0 Å². The Kier molecular flexibility index (Phi) is 66.7. The molecule has 0 aromatic heterocycles. The molecule has 0 aromatic carbocycles. The Morgan fingerprint density at radius 3 is 0.780 bits per heavy atom. The van der Waals surface area contributed by atoms with Gasteiger partial charge in [0.15, 0.2) is 6.10 Å². The number of esters is 3. The molecule has 0 amide bonds. The highest BCUT2D eigenvalue weighted by atomic mass is 16.6. The molecule has 0 heterocycles. The van der Waals surface area contributed by atoms with Crippen LogP contribution in [0.4, 0.5) is 0 Å². The fourth-order valence-electron chi connectivity index (χ4n) is 10.0. The summed E-state index contributed by atoms with van der Waals surface area (Å²) in [5.41, 5.74) is 0. The molecule has 0 aromatic rings. The van der Waals surface area contributed by atoms with Gasteiger partial charge in [-0.2, -0.15) is 0 Å². The number of carbonyl (C=O) groups excluding carboxylic acids is 3. The van der Waals surface area contributed by atoms with E-state index in [0.29, 0.717) is 19.3 Å². The van der Waals surface area contributed by atoms with Crippen molar-refractivity contribution in [2.24, 2.45) is 0 Å². The Balaban J connectivity index is 4.22. The van der Waals surface area contributed by atoms with Gasteiger partial charge in [-0.15, -0.1) is 0 Å². The van der Waals surface area contributed by atoms with Crippen LogP contribution in [0.25, 0.3) is 0 Å². The van der Waals surface area contributed by atoms with Crippen LogP contribution in [-0.4, -0.2) is 37.2 Å². The summed E-state index contributed by atoms with van der Waals surface area (Å²) in [6.07, 6.45) is 94.3. The molecule has 0 saturated carbocycles. The fourth-order valence-corrected chi connectivity index (χ4v) is 10.0. The molecule has 0 fully saturated rings. The van der Waals surface area contributed by atoms with E-state index in [-0.39, 0.29) is 31.1 Å². The van der Waals surface area contributed by atoms with Gasteiger partial charge in [0.1, 0.15) is 13.2 Å². The zero-order valence-electron chi connectivity index (χ0n) is 54.2. The van der Waals surface area contributed by atoms with Gasteiger partial charge >= 0.3 is 17.9 Å². The summed E-state index contributed by atoms with van der Waals surface area (Å²) >= 11 is 0. The first-order valence-electron chi connectivity index (χ1n) is 35.2. The van der Waals surface area contributed by atoms with Crippen molar-refractivity contribution in [2.75, 3.05) is 13.2 Å². The van der Waals surface area contributed by atoms with Crippen LogP contribution in [0.5, 0.6) is 0 Å². The van der Waals surface area contributed by atoms with E-state index in [9.17, 15) is 14.4 Å². The highest BCUT2D eigenvalue weighted by Gasteiger charge is 2.19. The second-order valence-corrected chi connectivity index (χ2v) is 23.4. The van der Waals surface area contributed by atoms with Crippen LogP contribution in [0.2, 0.25) is 0 Å². The molecule has 472 valence electrons. The lowest BCUT2D eigenvalue weighted by atomic mass is 10.0. The SMILES string of the molecule is CC/C=C\C/C=C\C/C=C\C/C=C\C/C=C\CCCCCCCCCCCCCCCCCC(=O)OCC(COC(=O)CCCCCCC/C=C\CCCCC)OC(=O)CCCCCCCCCCC/C=C\C/C=C\CCCCCCC. The van der Waals surface area contributed by atoms with Gasteiger partial charge in [0.25, 0.3) is 0 Å². The summed E-state index contributed by atoms with van der Waals surface area (Å²) in [6, 6.07) is 0. The van der Waals surface area contributed by atoms with Gasteiger partial charge in [-0.1, -0.05) is 304 Å². The first kappa shape index (κ1) is 78.3. The van der Waals surface area contributed by atoms with Gasteiger partial charge in [0.2, 0.25) is 0 Å². The van der Waals surface area contributed by atoms with E-state index in [1.807, 2.05) is 0 Å². The number of carbonyl (C=O) groups is 3. The van der Waals surface area contributed by atoms with Gasteiger partial charge in [0, 0.05) is 19.3 Å². The molecule has 0 saturated heterocycles. The fraction of sp³-hybridized carbons (Fsp3) is 0.750. The van der Waals surface area contributed by atoms with Crippen molar-refractivity contribution >= 4 is 17.9 Å². The topological polar surface area (TPSA) is 78.9 Å². The third kappa shape index (κ3) is 67.1. The van der Waals surface area contributed by atoms with Gasteiger partial charge in [-0.3, -0.25) is 14.4 Å². The Hall–Kier alpha value is -3.67. The minimum atomic E-state index is -0.783. The number of allylic oxidation sites excluding steroid dienone is 16. The third-order valence-corrected chi connectivity index (χ3v) is 15.3. The number of unbranched alkanes of at least 4 members (excludes halogenated alkanes) is 37. The van der Waals surface area contributed by atoms with E-state index in [2.05, 4.69) is 118 Å². The lowest BCUT2D eigenvalue weighted by Gasteiger charge is -2.18. The molecular formula is C76H132O6. The molecule has 0 bridgehead atoms. The molecular weight excluding hydrogens is 1010 g/mol. The number of ether oxygens (including phenoxy) is 3. The number of hydrogen-bond acceptors (Lipinski definition) is 6. The molecule has 0 spiro atoms. The van der Waals surface area contributed by atoms with Crippen LogP contribution in [0.15, 0.2) is 97.2 Å². The maximum absolute atomic E-state index is 12.9. The molecule has 0 N–H and O–H groups in total. The predicted molar refractivity (Wildman–Crippen MR) is 357 cm³/mol. The summed E-state index contributed by atoms with van der Waals surface area (Å²) in [7, 11) is 0. The van der Waals surface area contributed by atoms with Crippen molar-refractivity contribution < 1.29 is 28.6 Å². The minimum Gasteiger partial charge on any atom is -0.462 e. The van der Waals surface area contributed by atoms with E-state index in [0.717, 1.165) is 103 Å². The maximum Gasteiger partial charge on any atom is 0.306 e. The van der Waals surface area contributed by atoms with Crippen molar-refractivity contribution in [3.05, 3.63) is 97.2 Å². The van der Waals surface area contributed by atoms with Crippen molar-refractivity contribution in [3.63, 3.8) is 0 Å². The minimum absolute atomic E-state index is 0.0791. The summed E-state index contributed by atoms with van der Waals surface area (Å²) in [5.74, 6) is -0.878. The highest BCUT2D eigenvalue weighted by molar-refractivity contribution is 5.71. The van der Waals surface area contributed by atoms with Crippen molar-refractivity contribution in [1.29, 1.82) is 0 Å². The zero-order chi connectivity index (χ0) is 59.2. The number of hydrogen-bond donors (Lipinski definition) is 0. The van der Waals surface area contributed by atoms with Gasteiger partial charge in [0.05, 0.1) is 0 Å². The summed E-state index contributed by atoms with van der Waals surface area (Å²) in [4.78, 5) is 38.4. The van der Waals surface area contributed by atoms with Crippen LogP contribution in [0, 0.1) is 0 Å². The summed E-state index contributed by atoms with van der Waals surface area (Å²) < 4.78 is 17.0. The first-order valence-corrected chi connectivity index (χ1v) is 35.2. The molecule has 1 unspecified atom stereocenters. The number of rotatable bonds is 64. The highest BCUT2D eigenvalue weighted by Crippen LogP contribution is 2.17. The second-order valence-electron chi connectivity index (χ2n) is 23.4. The van der Waals surface area contributed by atoms with E-state index >= 15 is 0 Å². The van der Waals surface area contributed by atoms with Crippen LogP contribution < -0.4 is 0 Å². The van der Waals surface area contributed by atoms with E-state index in [1.54, 1.807) is 0 Å². The molecule has 1 atom stereocenters. The molecule has 0 aliphatic carbocycles. The van der Waals surface area contributed by atoms with Crippen LogP contribution in [0.1, 0.15) is 348 Å². The maximum atomic E-state index is 12.9. The molecule has 6 heteroatoms. The van der Waals surface area contributed by atoms with Crippen LogP contribution >= 0.6 is 0 Å². The summed E-state index contributed by atoms with van der Waals surface area (Å²) in [6.45, 7) is 6.52. The Morgan fingerprint density at radius 2 is 0.476 bits per heavy atom. The normalized spacial score (nSPS) is 12.7. The Labute approximate surface area is 508 Å². The average Bonchev–Trinajstić information content (AvgIpc) is 3.47. The van der Waals surface area contributed by atoms with Gasteiger partial charge in [-0.05, 0) is 122 Å². The van der Waals surface area contributed by atoms with Crippen molar-refractivity contribution in [3.8, 4) is 0 Å². The van der Waals surface area contributed by atoms with Gasteiger partial charge < -0.3 is 14.2 Å². The lowest BCUT2D eigenvalue weighted by molar-refractivity contribution is -0.167. The Morgan fingerprint density at radius 1 is 0.256 bits per heavy atom. The molecule has 0 aliphatic heterocycles. The van der Waals surface area contributed by atoms with E-state index in [1.165, 1.54) is 205 Å². The van der Waals surface area contributed by atoms with E-state index in [4.69, 9.17) is 14.2 Å². The second kappa shape index (κ2) is 69.8. The quantitative estimate of drug-likeness (QED) is 0.0261. The Bertz CT molecular complexity index is 1590. The van der Waals surface area contributed by atoms with Crippen molar-refractivity contribution in [1.82, 2.24) is 0 Å². The third-order valence-electron chi connectivity index (χ3n) is 15.3. The predicted octanol–water partition coefficient (Wildman–Crippen LogP) is 24.4. The molecule has 0 aliphatic rings. The largest absolute Gasteiger partial charge is 0.462 e. The average molecular weight is 1140 g/mol. The molecule has 82 heavy (non-hydrogen) atoms. The van der Waals surface area contributed by atoms with E-state index < -0.39 is 6.10 Å². The van der Waals surface area contributed by atoms with Crippen LogP contribution in [0.3, 0.4) is 0 Å². The standard InChI is InChI=1S/C76H132O6/c1-4-7-10-13-16-19-22-25-27-29-31-33-34-35-36-37-38-39-40-41-42-44-45-47-49-51-54-57-60-63-66-69-75(78)81-72-73(71-80-74(77)68-65-62-59-56-53-24-21-18-15-12-9-6-3)82-76(79)70-67-64-61-58-55-52-50-48-46-43-32-30-28-26-23-20-17-14-11-8-5-2/h7,10,16,18-19,21,23,25-27,30-33,35-36,73H,4-6,8-9,11-15,17,20,22,24,28-29,34,37-72H2,1-3H3/b10-7-,19-16-,21-18-,26-23-,27-25-,32-30-,33-31-,36-35-. The first-order chi connectivity index (χ1) is 40.5. The monoisotopic (exact) mass is 1140 g/mol. The van der Waals surface area contributed by atoms with Crippen molar-refractivity contribution in [2.45, 2.75) is 354 Å². The molecule has 0 rings (SSSR count). The zero-order valence-corrected chi connectivity index (χ0v) is 54.2. The molecule has 0 radical (unpaired) electrons. The summed E-state index contributed by atoms with van der Waals surface area (Å²) in [5, 5.41) is 0. The molecule has 6 nitrogen and oxygen atoms in total. The lowest BCUT2D eigenvalue weighted by Crippen LogP contribution is -2.30. The smallest absolute Gasteiger partial charge is 0.306 e.